The minimum atomic E-state index is -0.686. The first kappa shape index (κ1) is 21.1. The van der Waals surface area contributed by atoms with Gasteiger partial charge < -0.3 is 14.0 Å². The number of ether oxygens (including phenoxy) is 2. The SMILES string of the molecule is CCOC(=O)c1cc2c3ccccc3n(COC)c2c(C(=O)c2ccccc2[N+](=O)[O-])n1. The van der Waals surface area contributed by atoms with Gasteiger partial charge in [-0.3, -0.25) is 14.9 Å². The minimum absolute atomic E-state index is 0.0541. The highest BCUT2D eigenvalue weighted by Crippen LogP contribution is 2.33. The molecule has 0 N–H and O–H groups in total. The molecule has 4 rings (SSSR count). The highest BCUT2D eigenvalue weighted by atomic mass is 16.6. The van der Waals surface area contributed by atoms with Gasteiger partial charge in [0.2, 0.25) is 5.78 Å². The number of nitro benzene ring substituents is 1. The highest BCUT2D eigenvalue weighted by Gasteiger charge is 2.28. The van der Waals surface area contributed by atoms with E-state index in [1.807, 2.05) is 24.3 Å². The van der Waals surface area contributed by atoms with Crippen molar-refractivity contribution < 1.29 is 24.0 Å². The fourth-order valence-electron chi connectivity index (χ4n) is 3.76. The van der Waals surface area contributed by atoms with Crippen molar-refractivity contribution >= 4 is 39.2 Å². The Morgan fingerprint density at radius 1 is 1.09 bits per heavy atom. The fraction of sp³-hybridized carbons (Fsp3) is 0.174. The molecule has 0 amide bonds. The predicted molar refractivity (Wildman–Crippen MR) is 117 cm³/mol. The molecule has 2 heterocycles. The van der Waals surface area contributed by atoms with Crippen LogP contribution in [0.2, 0.25) is 0 Å². The van der Waals surface area contributed by atoms with Crippen LogP contribution in [0, 0.1) is 10.1 Å². The summed E-state index contributed by atoms with van der Waals surface area (Å²) in [4.78, 5) is 41.3. The van der Waals surface area contributed by atoms with Crippen LogP contribution in [-0.2, 0) is 16.2 Å². The molecule has 2 aromatic carbocycles. The Hall–Kier alpha value is -4.11. The van der Waals surface area contributed by atoms with E-state index in [1.165, 1.54) is 31.4 Å². The lowest BCUT2D eigenvalue weighted by Gasteiger charge is -2.11. The number of hydrogen-bond acceptors (Lipinski definition) is 7. The van der Waals surface area contributed by atoms with E-state index in [0.717, 1.165) is 10.9 Å². The Morgan fingerprint density at radius 3 is 2.53 bits per heavy atom. The summed E-state index contributed by atoms with van der Waals surface area (Å²) in [6, 6.07) is 14.6. The summed E-state index contributed by atoms with van der Waals surface area (Å²) in [6.45, 7) is 1.92. The van der Waals surface area contributed by atoms with Crippen molar-refractivity contribution in [2.24, 2.45) is 0 Å². The Bertz CT molecular complexity index is 1380. The number of aromatic nitrogens is 2. The van der Waals surface area contributed by atoms with Crippen molar-refractivity contribution in [1.82, 2.24) is 9.55 Å². The molecule has 32 heavy (non-hydrogen) atoms. The molecule has 0 unspecified atom stereocenters. The number of methoxy groups -OCH3 is 1. The van der Waals surface area contributed by atoms with Gasteiger partial charge in [0, 0.05) is 23.9 Å². The van der Waals surface area contributed by atoms with Gasteiger partial charge in [0.15, 0.2) is 0 Å². The average Bonchev–Trinajstić information content (AvgIpc) is 3.12. The molecule has 0 atom stereocenters. The van der Waals surface area contributed by atoms with Gasteiger partial charge in [-0.05, 0) is 25.1 Å². The van der Waals surface area contributed by atoms with Crippen LogP contribution in [-0.4, -0.2) is 39.9 Å². The molecule has 0 saturated heterocycles. The van der Waals surface area contributed by atoms with Gasteiger partial charge in [-0.15, -0.1) is 0 Å². The van der Waals surface area contributed by atoms with Gasteiger partial charge in [0.05, 0.1) is 22.6 Å². The summed E-state index contributed by atoms with van der Waals surface area (Å²) < 4.78 is 12.2. The average molecular weight is 433 g/mol. The van der Waals surface area contributed by atoms with E-state index in [4.69, 9.17) is 9.47 Å². The van der Waals surface area contributed by atoms with Crippen molar-refractivity contribution in [3.05, 3.63) is 81.7 Å². The van der Waals surface area contributed by atoms with E-state index in [9.17, 15) is 19.7 Å². The standard InChI is InChI=1S/C23H19N3O6/c1-3-32-23(28)17-12-16-14-8-4-6-10-18(14)25(13-31-2)21(16)20(24-17)22(27)15-9-5-7-11-19(15)26(29)30/h4-12H,3,13H2,1-2H3. The second-order valence-electron chi connectivity index (χ2n) is 6.94. The van der Waals surface area contributed by atoms with E-state index in [2.05, 4.69) is 4.98 Å². The second kappa shape index (κ2) is 8.56. The molecule has 4 aromatic rings. The molecule has 9 heteroatoms. The second-order valence-corrected chi connectivity index (χ2v) is 6.94. The summed E-state index contributed by atoms with van der Waals surface area (Å²) in [5.74, 6) is -1.36. The normalized spacial score (nSPS) is 11.1. The third-order valence-electron chi connectivity index (χ3n) is 5.05. The van der Waals surface area contributed by atoms with Crippen LogP contribution in [0.15, 0.2) is 54.6 Å². The van der Waals surface area contributed by atoms with Gasteiger partial charge in [-0.2, -0.15) is 0 Å². The minimum Gasteiger partial charge on any atom is -0.461 e. The van der Waals surface area contributed by atoms with Crippen LogP contribution in [0.1, 0.15) is 33.5 Å². The van der Waals surface area contributed by atoms with Gasteiger partial charge in [0.1, 0.15) is 23.7 Å². The lowest BCUT2D eigenvalue weighted by molar-refractivity contribution is -0.385. The summed E-state index contributed by atoms with van der Waals surface area (Å²) in [6.07, 6.45) is 0. The number of para-hydroxylation sites is 2. The smallest absolute Gasteiger partial charge is 0.356 e. The van der Waals surface area contributed by atoms with Crippen LogP contribution in [0.25, 0.3) is 21.8 Å². The maximum Gasteiger partial charge on any atom is 0.356 e. The van der Waals surface area contributed by atoms with Crippen LogP contribution >= 0.6 is 0 Å². The zero-order valence-electron chi connectivity index (χ0n) is 17.4. The lowest BCUT2D eigenvalue weighted by atomic mass is 10.0. The molecule has 162 valence electrons. The van der Waals surface area contributed by atoms with Crippen molar-refractivity contribution in [2.45, 2.75) is 13.7 Å². The number of benzene rings is 2. The molecule has 0 radical (unpaired) electrons. The van der Waals surface area contributed by atoms with Crippen LogP contribution in [0.5, 0.6) is 0 Å². The number of carbonyl (C=O) groups is 2. The molecule has 0 aliphatic rings. The number of nitrogens with zero attached hydrogens (tertiary/aromatic N) is 3. The van der Waals surface area contributed by atoms with Gasteiger partial charge in [-0.25, -0.2) is 9.78 Å². The van der Waals surface area contributed by atoms with Crippen molar-refractivity contribution in [1.29, 1.82) is 0 Å². The van der Waals surface area contributed by atoms with E-state index >= 15 is 0 Å². The zero-order chi connectivity index (χ0) is 22.8. The maximum absolute atomic E-state index is 13.6. The fourth-order valence-corrected chi connectivity index (χ4v) is 3.76. The summed E-state index contributed by atoms with van der Waals surface area (Å²) in [7, 11) is 1.52. The lowest BCUT2D eigenvalue weighted by Crippen LogP contribution is -2.15. The van der Waals surface area contributed by atoms with Gasteiger partial charge in [0.25, 0.3) is 5.69 Å². The van der Waals surface area contributed by atoms with Crippen LogP contribution < -0.4 is 0 Å². The first-order valence-electron chi connectivity index (χ1n) is 9.84. The van der Waals surface area contributed by atoms with Crippen LogP contribution in [0.3, 0.4) is 0 Å². The van der Waals surface area contributed by atoms with Gasteiger partial charge >= 0.3 is 5.97 Å². The predicted octanol–water partition coefficient (Wildman–Crippen LogP) is 4.11. The Balaban J connectivity index is 2.09. The number of ketones is 1. The van der Waals surface area contributed by atoms with E-state index in [0.29, 0.717) is 10.9 Å². The van der Waals surface area contributed by atoms with Gasteiger partial charge in [-0.1, -0.05) is 30.3 Å². The zero-order valence-corrected chi connectivity index (χ0v) is 17.4. The number of fused-ring (bicyclic) bond motifs is 3. The molecule has 0 fully saturated rings. The number of pyridine rings is 1. The summed E-state index contributed by atoms with van der Waals surface area (Å²) in [5, 5.41) is 12.9. The van der Waals surface area contributed by atoms with E-state index in [-0.39, 0.29) is 36.0 Å². The maximum atomic E-state index is 13.6. The number of esters is 1. The third kappa shape index (κ3) is 3.48. The van der Waals surface area contributed by atoms with E-state index in [1.54, 1.807) is 17.6 Å². The monoisotopic (exact) mass is 433 g/mol. The summed E-state index contributed by atoms with van der Waals surface area (Å²) in [5.41, 5.74) is 0.577. The number of hydrogen-bond donors (Lipinski definition) is 0. The largest absolute Gasteiger partial charge is 0.461 e. The van der Waals surface area contributed by atoms with Crippen molar-refractivity contribution in [3.63, 3.8) is 0 Å². The molecule has 0 aliphatic carbocycles. The first-order valence-corrected chi connectivity index (χ1v) is 9.84. The molecule has 9 nitrogen and oxygen atoms in total. The molecule has 2 aromatic heterocycles. The van der Waals surface area contributed by atoms with Crippen LogP contribution in [0.4, 0.5) is 5.69 Å². The molecular weight excluding hydrogens is 414 g/mol. The topological polar surface area (TPSA) is 114 Å². The first-order chi connectivity index (χ1) is 15.5. The molecule has 0 saturated carbocycles. The van der Waals surface area contributed by atoms with E-state index < -0.39 is 16.7 Å². The Morgan fingerprint density at radius 2 is 1.81 bits per heavy atom. The Labute approximate surface area is 182 Å². The molecule has 0 bridgehead atoms. The number of carbonyl (C=O) groups excluding carboxylic acids is 2. The molecule has 0 aliphatic heterocycles. The Kier molecular flexibility index (Phi) is 5.65. The number of rotatable bonds is 7. The highest BCUT2D eigenvalue weighted by molar-refractivity contribution is 6.21. The quantitative estimate of drug-likeness (QED) is 0.186. The number of nitro groups is 1. The summed E-state index contributed by atoms with van der Waals surface area (Å²) >= 11 is 0. The molecule has 0 spiro atoms. The van der Waals surface area contributed by atoms with Crippen molar-refractivity contribution in [2.75, 3.05) is 13.7 Å². The third-order valence-corrected chi connectivity index (χ3v) is 5.05. The molecular formula is C23H19N3O6. The van der Waals surface area contributed by atoms with Crippen molar-refractivity contribution in [3.8, 4) is 0 Å².